The standard InChI is InChI=1S/C20H20F2N2O2/c1-13(14-3-7-19-18(12-14)24(2)9-10-26-19)23-20(25)8-4-15-11-16(21)5-6-17(15)22/h3-8,11-13H,9-10H2,1-2H3,(H,23,25). The number of rotatable bonds is 4. The van der Waals surface area contributed by atoms with Crippen molar-refractivity contribution in [3.63, 3.8) is 0 Å². The highest BCUT2D eigenvalue weighted by Crippen LogP contribution is 2.33. The molecule has 136 valence electrons. The number of carbonyl (C=O) groups is 1. The molecule has 0 bridgehead atoms. The Morgan fingerprint density at radius 2 is 2.08 bits per heavy atom. The molecule has 2 aromatic rings. The molecular weight excluding hydrogens is 338 g/mol. The molecule has 0 radical (unpaired) electrons. The number of anilines is 1. The van der Waals surface area contributed by atoms with Gasteiger partial charge in [-0.3, -0.25) is 4.79 Å². The Morgan fingerprint density at radius 3 is 2.88 bits per heavy atom. The number of nitrogens with one attached hydrogen (secondary N) is 1. The van der Waals surface area contributed by atoms with E-state index in [0.29, 0.717) is 6.61 Å². The fraction of sp³-hybridized carbons (Fsp3) is 0.250. The number of ether oxygens (including phenoxy) is 1. The molecule has 0 saturated carbocycles. The van der Waals surface area contributed by atoms with E-state index in [1.54, 1.807) is 0 Å². The van der Waals surface area contributed by atoms with Crippen LogP contribution in [0.5, 0.6) is 5.75 Å². The van der Waals surface area contributed by atoms with Crippen LogP contribution in [0.3, 0.4) is 0 Å². The number of hydrogen-bond acceptors (Lipinski definition) is 3. The first kappa shape index (κ1) is 17.9. The first-order chi connectivity index (χ1) is 12.4. The predicted octanol–water partition coefficient (Wildman–Crippen LogP) is 3.68. The number of carbonyl (C=O) groups excluding carboxylic acids is 1. The average Bonchev–Trinajstić information content (AvgIpc) is 2.62. The van der Waals surface area contributed by atoms with E-state index in [2.05, 4.69) is 10.2 Å². The minimum atomic E-state index is -0.582. The lowest BCUT2D eigenvalue weighted by Crippen LogP contribution is -2.29. The van der Waals surface area contributed by atoms with Gasteiger partial charge in [0.15, 0.2) is 0 Å². The molecule has 6 heteroatoms. The number of fused-ring (bicyclic) bond motifs is 1. The molecule has 0 spiro atoms. The van der Waals surface area contributed by atoms with Gasteiger partial charge in [0, 0.05) is 18.7 Å². The van der Waals surface area contributed by atoms with Crippen LogP contribution in [-0.4, -0.2) is 26.1 Å². The number of hydrogen-bond donors (Lipinski definition) is 1. The summed E-state index contributed by atoms with van der Waals surface area (Å²) in [5.74, 6) is -0.701. The van der Waals surface area contributed by atoms with Crippen LogP contribution >= 0.6 is 0 Å². The van der Waals surface area contributed by atoms with Crippen LogP contribution in [0, 0.1) is 11.6 Å². The van der Waals surface area contributed by atoms with E-state index in [-0.39, 0.29) is 17.5 Å². The third kappa shape index (κ3) is 4.02. The number of likely N-dealkylation sites (N-methyl/N-ethyl adjacent to an activating group) is 1. The van der Waals surface area contributed by atoms with Crippen LogP contribution in [0.4, 0.5) is 14.5 Å². The molecule has 1 amide bonds. The highest BCUT2D eigenvalue weighted by atomic mass is 19.1. The third-order valence-corrected chi connectivity index (χ3v) is 4.31. The van der Waals surface area contributed by atoms with E-state index in [0.717, 1.165) is 41.7 Å². The Bertz CT molecular complexity index is 852. The van der Waals surface area contributed by atoms with Gasteiger partial charge in [-0.05, 0) is 48.9 Å². The summed E-state index contributed by atoms with van der Waals surface area (Å²) in [7, 11) is 1.99. The van der Waals surface area contributed by atoms with Crippen molar-refractivity contribution in [3.8, 4) is 5.75 Å². The molecule has 2 aromatic carbocycles. The highest BCUT2D eigenvalue weighted by molar-refractivity contribution is 5.92. The lowest BCUT2D eigenvalue weighted by molar-refractivity contribution is -0.117. The van der Waals surface area contributed by atoms with Crippen molar-refractivity contribution in [2.75, 3.05) is 25.1 Å². The Morgan fingerprint density at radius 1 is 1.27 bits per heavy atom. The van der Waals surface area contributed by atoms with Crippen molar-refractivity contribution >= 4 is 17.7 Å². The fourth-order valence-electron chi connectivity index (χ4n) is 2.79. The Labute approximate surface area is 151 Å². The fourth-order valence-corrected chi connectivity index (χ4v) is 2.79. The summed E-state index contributed by atoms with van der Waals surface area (Å²) in [6, 6.07) is 8.63. The van der Waals surface area contributed by atoms with Gasteiger partial charge < -0.3 is 15.0 Å². The van der Waals surface area contributed by atoms with Gasteiger partial charge in [0.1, 0.15) is 24.0 Å². The summed E-state index contributed by atoms with van der Waals surface area (Å²) in [5.41, 5.74) is 1.94. The van der Waals surface area contributed by atoms with Gasteiger partial charge in [0.25, 0.3) is 0 Å². The zero-order valence-electron chi connectivity index (χ0n) is 14.6. The van der Waals surface area contributed by atoms with Crippen molar-refractivity contribution in [2.45, 2.75) is 13.0 Å². The normalized spacial score (nSPS) is 14.7. The average molecular weight is 358 g/mol. The van der Waals surface area contributed by atoms with Gasteiger partial charge in [-0.15, -0.1) is 0 Å². The molecule has 1 aliphatic rings. The van der Waals surface area contributed by atoms with Crippen molar-refractivity contribution in [1.82, 2.24) is 5.32 Å². The SMILES string of the molecule is CC(NC(=O)C=Cc1cc(F)ccc1F)c1ccc2c(c1)N(C)CCO2. The first-order valence-corrected chi connectivity index (χ1v) is 8.35. The molecule has 1 aliphatic heterocycles. The summed E-state index contributed by atoms with van der Waals surface area (Å²) in [6.45, 7) is 3.32. The van der Waals surface area contributed by atoms with Gasteiger partial charge in [-0.1, -0.05) is 6.07 Å². The molecule has 0 fully saturated rings. The maximum absolute atomic E-state index is 13.6. The van der Waals surface area contributed by atoms with E-state index in [1.165, 1.54) is 12.2 Å². The van der Waals surface area contributed by atoms with Gasteiger partial charge in [0.2, 0.25) is 5.91 Å². The molecular formula is C20H20F2N2O2. The number of amides is 1. The molecule has 1 N–H and O–H groups in total. The molecule has 26 heavy (non-hydrogen) atoms. The van der Waals surface area contributed by atoms with E-state index in [4.69, 9.17) is 4.74 Å². The summed E-state index contributed by atoms with van der Waals surface area (Å²) >= 11 is 0. The van der Waals surface area contributed by atoms with Crippen LogP contribution in [-0.2, 0) is 4.79 Å². The van der Waals surface area contributed by atoms with Crippen LogP contribution in [0.2, 0.25) is 0 Å². The number of halogens is 2. The smallest absolute Gasteiger partial charge is 0.244 e. The Kier molecular flexibility index (Phi) is 5.21. The van der Waals surface area contributed by atoms with E-state index >= 15 is 0 Å². The molecule has 3 rings (SSSR count). The lowest BCUT2D eigenvalue weighted by atomic mass is 10.1. The van der Waals surface area contributed by atoms with E-state index in [9.17, 15) is 13.6 Å². The maximum Gasteiger partial charge on any atom is 0.244 e. The van der Waals surface area contributed by atoms with Gasteiger partial charge in [0.05, 0.1) is 18.3 Å². The molecule has 4 nitrogen and oxygen atoms in total. The summed E-state index contributed by atoms with van der Waals surface area (Å²) < 4.78 is 32.3. The summed E-state index contributed by atoms with van der Waals surface area (Å²) in [6.07, 6.45) is 2.46. The zero-order chi connectivity index (χ0) is 18.7. The van der Waals surface area contributed by atoms with Crippen molar-refractivity contribution in [1.29, 1.82) is 0 Å². The largest absolute Gasteiger partial charge is 0.490 e. The quantitative estimate of drug-likeness (QED) is 0.848. The molecule has 0 aliphatic carbocycles. The van der Waals surface area contributed by atoms with Crippen molar-refractivity contribution < 1.29 is 18.3 Å². The van der Waals surface area contributed by atoms with Gasteiger partial charge in [-0.25, -0.2) is 8.78 Å². The Balaban J connectivity index is 1.68. The van der Waals surface area contributed by atoms with Crippen LogP contribution < -0.4 is 15.0 Å². The molecule has 1 heterocycles. The van der Waals surface area contributed by atoms with Crippen LogP contribution in [0.1, 0.15) is 24.1 Å². The van der Waals surface area contributed by atoms with Gasteiger partial charge in [-0.2, -0.15) is 0 Å². The Hall–Kier alpha value is -2.89. The van der Waals surface area contributed by atoms with Crippen molar-refractivity contribution in [3.05, 3.63) is 65.2 Å². The van der Waals surface area contributed by atoms with Crippen molar-refractivity contribution in [2.24, 2.45) is 0 Å². The predicted molar refractivity (Wildman–Crippen MR) is 97.2 cm³/mol. The van der Waals surface area contributed by atoms with Crippen LogP contribution in [0.25, 0.3) is 6.08 Å². The number of nitrogens with zero attached hydrogens (tertiary/aromatic N) is 1. The molecule has 1 unspecified atom stereocenters. The van der Waals surface area contributed by atoms with E-state index in [1.807, 2.05) is 32.2 Å². The minimum absolute atomic E-state index is 0.0281. The third-order valence-electron chi connectivity index (χ3n) is 4.31. The van der Waals surface area contributed by atoms with E-state index < -0.39 is 11.6 Å². The number of benzene rings is 2. The second kappa shape index (κ2) is 7.56. The van der Waals surface area contributed by atoms with Gasteiger partial charge >= 0.3 is 0 Å². The summed E-state index contributed by atoms with van der Waals surface area (Å²) in [4.78, 5) is 14.2. The topological polar surface area (TPSA) is 41.6 Å². The zero-order valence-corrected chi connectivity index (χ0v) is 14.6. The molecule has 1 atom stereocenters. The lowest BCUT2D eigenvalue weighted by Gasteiger charge is -2.28. The first-order valence-electron chi connectivity index (χ1n) is 8.35. The highest BCUT2D eigenvalue weighted by Gasteiger charge is 2.17. The second-order valence-electron chi connectivity index (χ2n) is 6.23. The van der Waals surface area contributed by atoms with Crippen LogP contribution in [0.15, 0.2) is 42.5 Å². The maximum atomic E-state index is 13.6. The molecule has 0 saturated heterocycles. The monoisotopic (exact) mass is 358 g/mol. The molecule has 0 aromatic heterocycles. The summed E-state index contributed by atoms with van der Waals surface area (Å²) in [5, 5.41) is 2.82. The minimum Gasteiger partial charge on any atom is -0.490 e. The second-order valence-corrected chi connectivity index (χ2v) is 6.23.